The number of sulfonamides is 1. The van der Waals surface area contributed by atoms with Crippen LogP contribution in [0.1, 0.15) is 36.5 Å². The minimum absolute atomic E-state index is 0.0749. The minimum atomic E-state index is -3.97. The van der Waals surface area contributed by atoms with Crippen molar-refractivity contribution in [1.82, 2.24) is 4.31 Å². The van der Waals surface area contributed by atoms with Gasteiger partial charge in [0.1, 0.15) is 16.5 Å². The molecule has 0 atom stereocenters. The Bertz CT molecular complexity index is 939. The summed E-state index contributed by atoms with van der Waals surface area (Å²) in [5.41, 5.74) is 0.601. The maximum absolute atomic E-state index is 14.3. The summed E-state index contributed by atoms with van der Waals surface area (Å²) in [5.74, 6) is -0.695. The van der Waals surface area contributed by atoms with E-state index in [1.165, 1.54) is 10.4 Å². The van der Waals surface area contributed by atoms with Gasteiger partial charge in [-0.15, -0.1) is 0 Å². The second-order valence-corrected chi connectivity index (χ2v) is 8.43. The van der Waals surface area contributed by atoms with Gasteiger partial charge in [0, 0.05) is 24.3 Å². The molecule has 2 aromatic carbocycles. The fraction of sp³-hybridized carbons (Fsp3) is 0.350. The van der Waals surface area contributed by atoms with Crippen molar-refractivity contribution < 1.29 is 22.3 Å². The third-order valence-corrected chi connectivity index (χ3v) is 6.46. The second-order valence-electron chi connectivity index (χ2n) is 6.52. The first-order valence-electron chi connectivity index (χ1n) is 9.25. The van der Waals surface area contributed by atoms with Crippen molar-refractivity contribution in [2.75, 3.05) is 25.0 Å². The smallest absolute Gasteiger partial charge is 0.255 e. The van der Waals surface area contributed by atoms with E-state index < -0.39 is 26.6 Å². The van der Waals surface area contributed by atoms with Gasteiger partial charge in [-0.1, -0.05) is 6.42 Å². The van der Waals surface area contributed by atoms with Crippen molar-refractivity contribution in [2.24, 2.45) is 0 Å². The molecule has 3 rings (SSSR count). The SMILES string of the molecule is CCOc1ccc(NC(=O)c2ccc(F)c(S(=O)(=O)N3CCCCC3)c2)cc1. The Hall–Kier alpha value is -2.45. The van der Waals surface area contributed by atoms with Gasteiger partial charge in [0.15, 0.2) is 0 Å². The van der Waals surface area contributed by atoms with E-state index in [1.54, 1.807) is 24.3 Å². The van der Waals surface area contributed by atoms with E-state index >= 15 is 0 Å². The van der Waals surface area contributed by atoms with Crippen LogP contribution in [0.2, 0.25) is 0 Å². The summed E-state index contributed by atoms with van der Waals surface area (Å²) in [5, 5.41) is 2.68. The van der Waals surface area contributed by atoms with Crippen molar-refractivity contribution in [1.29, 1.82) is 0 Å². The molecule has 1 N–H and O–H groups in total. The van der Waals surface area contributed by atoms with E-state index in [0.717, 1.165) is 31.4 Å². The molecule has 0 bridgehead atoms. The topological polar surface area (TPSA) is 75.7 Å². The fourth-order valence-corrected chi connectivity index (χ4v) is 4.70. The minimum Gasteiger partial charge on any atom is -0.494 e. The van der Waals surface area contributed by atoms with Crippen molar-refractivity contribution in [3.05, 3.63) is 53.8 Å². The van der Waals surface area contributed by atoms with Gasteiger partial charge in [-0.3, -0.25) is 4.79 Å². The number of nitrogens with one attached hydrogen (secondary N) is 1. The van der Waals surface area contributed by atoms with Gasteiger partial charge < -0.3 is 10.1 Å². The largest absolute Gasteiger partial charge is 0.494 e. The zero-order chi connectivity index (χ0) is 20.1. The molecule has 0 saturated carbocycles. The number of rotatable bonds is 6. The lowest BCUT2D eigenvalue weighted by Gasteiger charge is -2.26. The quantitative estimate of drug-likeness (QED) is 0.795. The summed E-state index contributed by atoms with van der Waals surface area (Å²) >= 11 is 0. The van der Waals surface area contributed by atoms with Crippen LogP contribution in [-0.2, 0) is 10.0 Å². The number of anilines is 1. The molecule has 2 aromatic rings. The summed E-state index contributed by atoms with van der Waals surface area (Å²) in [6.07, 6.45) is 2.45. The van der Waals surface area contributed by atoms with Crippen LogP contribution in [0.3, 0.4) is 0 Å². The van der Waals surface area contributed by atoms with Gasteiger partial charge in [0.2, 0.25) is 10.0 Å². The molecule has 0 spiro atoms. The molecule has 1 saturated heterocycles. The highest BCUT2D eigenvalue weighted by Gasteiger charge is 2.29. The molecule has 0 aliphatic carbocycles. The van der Waals surface area contributed by atoms with E-state index in [0.29, 0.717) is 31.1 Å². The Balaban J connectivity index is 1.81. The predicted molar refractivity (Wildman–Crippen MR) is 105 cm³/mol. The third-order valence-electron chi connectivity index (χ3n) is 4.55. The molecular formula is C20H23FN2O4S. The molecule has 0 unspecified atom stereocenters. The number of carbonyl (C=O) groups excluding carboxylic acids is 1. The monoisotopic (exact) mass is 406 g/mol. The number of ether oxygens (including phenoxy) is 1. The fourth-order valence-electron chi connectivity index (χ4n) is 3.09. The lowest BCUT2D eigenvalue weighted by Crippen LogP contribution is -2.36. The number of benzene rings is 2. The van der Waals surface area contributed by atoms with Gasteiger partial charge in [-0.25, -0.2) is 12.8 Å². The number of halogens is 1. The summed E-state index contributed by atoms with van der Waals surface area (Å²) in [7, 11) is -3.97. The van der Waals surface area contributed by atoms with Gasteiger partial charge >= 0.3 is 0 Å². The third kappa shape index (κ3) is 4.51. The Morgan fingerprint density at radius 3 is 2.43 bits per heavy atom. The van der Waals surface area contributed by atoms with E-state index in [-0.39, 0.29) is 5.56 Å². The molecule has 0 radical (unpaired) electrons. The normalized spacial score (nSPS) is 15.2. The molecule has 1 aliphatic heterocycles. The van der Waals surface area contributed by atoms with Crippen LogP contribution in [0.4, 0.5) is 10.1 Å². The van der Waals surface area contributed by atoms with E-state index in [4.69, 9.17) is 4.74 Å². The highest BCUT2D eigenvalue weighted by atomic mass is 32.2. The molecular weight excluding hydrogens is 383 g/mol. The number of nitrogens with zero attached hydrogens (tertiary/aromatic N) is 1. The summed E-state index contributed by atoms with van der Waals surface area (Å²) in [6, 6.07) is 10.2. The van der Waals surface area contributed by atoms with E-state index in [2.05, 4.69) is 5.32 Å². The maximum atomic E-state index is 14.3. The molecule has 1 aliphatic rings. The number of carbonyl (C=O) groups is 1. The van der Waals surface area contributed by atoms with E-state index in [1.807, 2.05) is 6.92 Å². The van der Waals surface area contributed by atoms with Crippen LogP contribution in [0.25, 0.3) is 0 Å². The Morgan fingerprint density at radius 1 is 1.11 bits per heavy atom. The summed E-state index contributed by atoms with van der Waals surface area (Å²) in [4.78, 5) is 12.1. The summed E-state index contributed by atoms with van der Waals surface area (Å²) < 4.78 is 46.5. The molecule has 8 heteroatoms. The summed E-state index contributed by atoms with van der Waals surface area (Å²) in [6.45, 7) is 3.14. The average Bonchev–Trinajstić information content (AvgIpc) is 2.70. The van der Waals surface area contributed by atoms with Crippen LogP contribution >= 0.6 is 0 Å². The molecule has 150 valence electrons. The zero-order valence-corrected chi connectivity index (χ0v) is 16.5. The number of piperidine rings is 1. The first-order chi connectivity index (χ1) is 13.4. The van der Waals surface area contributed by atoms with Crippen molar-refractivity contribution in [2.45, 2.75) is 31.1 Å². The van der Waals surface area contributed by atoms with Crippen LogP contribution in [-0.4, -0.2) is 38.3 Å². The lowest BCUT2D eigenvalue weighted by atomic mass is 10.2. The first kappa shape index (κ1) is 20.3. The predicted octanol–water partition coefficient (Wildman–Crippen LogP) is 3.65. The van der Waals surface area contributed by atoms with Crippen molar-refractivity contribution >= 4 is 21.6 Å². The van der Waals surface area contributed by atoms with Crippen LogP contribution < -0.4 is 10.1 Å². The number of hydrogen-bond acceptors (Lipinski definition) is 4. The van der Waals surface area contributed by atoms with Gasteiger partial charge in [-0.05, 0) is 62.2 Å². The lowest BCUT2D eigenvalue weighted by molar-refractivity contribution is 0.102. The average molecular weight is 406 g/mol. The van der Waals surface area contributed by atoms with Crippen LogP contribution in [0.15, 0.2) is 47.4 Å². The van der Waals surface area contributed by atoms with E-state index in [9.17, 15) is 17.6 Å². The van der Waals surface area contributed by atoms with Crippen LogP contribution in [0, 0.1) is 5.82 Å². The van der Waals surface area contributed by atoms with Gasteiger partial charge in [0.25, 0.3) is 5.91 Å². The van der Waals surface area contributed by atoms with Crippen molar-refractivity contribution in [3.8, 4) is 5.75 Å². The molecule has 1 fully saturated rings. The van der Waals surface area contributed by atoms with Gasteiger partial charge in [0.05, 0.1) is 6.61 Å². The Morgan fingerprint density at radius 2 is 1.79 bits per heavy atom. The number of amides is 1. The molecule has 6 nitrogen and oxygen atoms in total. The molecule has 1 amide bonds. The maximum Gasteiger partial charge on any atom is 0.255 e. The Kier molecular flexibility index (Phi) is 6.31. The second kappa shape index (κ2) is 8.70. The highest BCUT2D eigenvalue weighted by Crippen LogP contribution is 2.24. The molecule has 28 heavy (non-hydrogen) atoms. The molecule has 0 aromatic heterocycles. The highest BCUT2D eigenvalue weighted by molar-refractivity contribution is 7.89. The zero-order valence-electron chi connectivity index (χ0n) is 15.7. The van der Waals surface area contributed by atoms with Crippen molar-refractivity contribution in [3.63, 3.8) is 0 Å². The number of hydrogen-bond donors (Lipinski definition) is 1. The molecule has 1 heterocycles. The Labute approximate surface area is 164 Å². The van der Waals surface area contributed by atoms with Gasteiger partial charge in [-0.2, -0.15) is 4.31 Å². The first-order valence-corrected chi connectivity index (χ1v) is 10.7. The standard InChI is InChI=1S/C20H23FN2O4S/c1-2-27-17-9-7-16(8-10-17)22-20(24)15-6-11-18(21)19(14-15)28(25,26)23-12-4-3-5-13-23/h6-11,14H,2-5,12-13H2,1H3,(H,22,24). The van der Waals surface area contributed by atoms with Crippen LogP contribution in [0.5, 0.6) is 5.75 Å².